The molecule has 0 fully saturated rings. The van der Waals surface area contributed by atoms with E-state index in [0.717, 1.165) is 22.5 Å². The molecule has 0 atom stereocenters. The molecule has 0 aromatic heterocycles. The molecule has 0 aliphatic heterocycles. The van der Waals surface area contributed by atoms with Gasteiger partial charge in [-0.25, -0.2) is 0 Å². The van der Waals surface area contributed by atoms with Crippen LogP contribution in [0.5, 0.6) is 0 Å². The van der Waals surface area contributed by atoms with Crippen LogP contribution in [0.2, 0.25) is 0 Å². The average Bonchev–Trinajstić information content (AvgIpc) is 2.39. The van der Waals surface area contributed by atoms with Gasteiger partial charge in [0.05, 0.1) is 22.9 Å². The highest BCUT2D eigenvalue weighted by molar-refractivity contribution is 5.69. The lowest BCUT2D eigenvalue weighted by molar-refractivity contribution is 1.36. The topological polar surface area (TPSA) is 59.6 Å². The van der Waals surface area contributed by atoms with Crippen LogP contribution in [0.25, 0.3) is 0 Å². The second-order valence-electron chi connectivity index (χ2n) is 4.38. The van der Waals surface area contributed by atoms with Crippen molar-refractivity contribution in [1.82, 2.24) is 0 Å². The van der Waals surface area contributed by atoms with Crippen LogP contribution in [0.15, 0.2) is 36.4 Å². The molecule has 2 aromatic rings. The Morgan fingerprint density at radius 1 is 0.947 bits per heavy atom. The Morgan fingerprint density at radius 3 is 2.37 bits per heavy atom. The van der Waals surface area contributed by atoms with Crippen LogP contribution in [0.1, 0.15) is 22.3 Å². The van der Waals surface area contributed by atoms with Gasteiger partial charge in [0.2, 0.25) is 0 Å². The third-order valence-corrected chi connectivity index (χ3v) is 3.01. The zero-order valence-corrected chi connectivity index (χ0v) is 10.9. The molecule has 2 aromatic carbocycles. The smallest absolute Gasteiger partial charge is 0.102 e. The zero-order chi connectivity index (χ0) is 13.8. The Kier molecular flexibility index (Phi) is 3.50. The zero-order valence-electron chi connectivity index (χ0n) is 10.9. The van der Waals surface area contributed by atoms with Crippen molar-refractivity contribution in [3.05, 3.63) is 58.7 Å². The largest absolute Gasteiger partial charge is 0.354 e. The first-order valence-electron chi connectivity index (χ1n) is 5.93. The minimum Gasteiger partial charge on any atom is -0.354 e. The molecule has 2 rings (SSSR count). The molecule has 92 valence electrons. The fourth-order valence-corrected chi connectivity index (χ4v) is 1.94. The average molecular weight is 247 g/mol. The number of benzene rings is 2. The maximum atomic E-state index is 9.18. The lowest BCUT2D eigenvalue weighted by Crippen LogP contribution is -1.96. The number of nitrogens with one attached hydrogen (secondary N) is 1. The van der Waals surface area contributed by atoms with Gasteiger partial charge in [0, 0.05) is 5.69 Å². The summed E-state index contributed by atoms with van der Waals surface area (Å²) in [6, 6.07) is 15.6. The number of aryl methyl sites for hydroxylation is 2. The lowest BCUT2D eigenvalue weighted by Gasteiger charge is -2.10. The van der Waals surface area contributed by atoms with E-state index in [1.54, 1.807) is 6.07 Å². The molecule has 0 amide bonds. The van der Waals surface area contributed by atoms with E-state index in [9.17, 15) is 5.26 Å². The van der Waals surface area contributed by atoms with Crippen LogP contribution in [-0.2, 0) is 0 Å². The Hall–Kier alpha value is -2.78. The second kappa shape index (κ2) is 5.25. The summed E-state index contributed by atoms with van der Waals surface area (Å²) >= 11 is 0. The maximum absolute atomic E-state index is 9.18. The van der Waals surface area contributed by atoms with Crippen molar-refractivity contribution in [2.45, 2.75) is 13.8 Å². The molecular weight excluding hydrogens is 234 g/mol. The van der Waals surface area contributed by atoms with Crippen molar-refractivity contribution in [3.8, 4) is 12.1 Å². The van der Waals surface area contributed by atoms with E-state index in [-0.39, 0.29) is 0 Å². The van der Waals surface area contributed by atoms with E-state index in [1.807, 2.05) is 44.2 Å². The number of rotatable bonds is 2. The second-order valence-corrected chi connectivity index (χ2v) is 4.38. The summed E-state index contributed by atoms with van der Waals surface area (Å²) in [6.45, 7) is 3.80. The van der Waals surface area contributed by atoms with Crippen molar-refractivity contribution in [2.24, 2.45) is 0 Å². The molecule has 0 spiro atoms. The minimum atomic E-state index is 0.643. The van der Waals surface area contributed by atoms with E-state index in [1.165, 1.54) is 0 Å². The molecule has 3 nitrogen and oxygen atoms in total. The molecule has 19 heavy (non-hydrogen) atoms. The third-order valence-electron chi connectivity index (χ3n) is 3.01. The van der Waals surface area contributed by atoms with E-state index in [2.05, 4.69) is 17.5 Å². The Bertz CT molecular complexity index is 703. The molecule has 1 N–H and O–H groups in total. The molecule has 0 radical (unpaired) electrons. The number of hydrogen-bond acceptors (Lipinski definition) is 3. The van der Waals surface area contributed by atoms with Gasteiger partial charge in [-0.3, -0.25) is 0 Å². The quantitative estimate of drug-likeness (QED) is 0.878. The molecule has 0 heterocycles. The highest BCUT2D eigenvalue weighted by atomic mass is 14.9. The van der Waals surface area contributed by atoms with Crippen LogP contribution in [0.3, 0.4) is 0 Å². The Labute approximate surface area is 112 Å². The first-order chi connectivity index (χ1) is 9.15. The van der Waals surface area contributed by atoms with E-state index < -0.39 is 0 Å². The van der Waals surface area contributed by atoms with Gasteiger partial charge < -0.3 is 5.32 Å². The predicted molar refractivity (Wildman–Crippen MR) is 75.1 cm³/mol. The van der Waals surface area contributed by atoms with Gasteiger partial charge in [0.15, 0.2) is 0 Å². The monoisotopic (exact) mass is 247 g/mol. The lowest BCUT2D eigenvalue weighted by atomic mass is 10.1. The summed E-state index contributed by atoms with van der Waals surface area (Å²) in [5, 5.41) is 21.3. The molecule has 3 heteroatoms. The molecule has 0 unspecified atom stereocenters. The maximum Gasteiger partial charge on any atom is 0.102 e. The van der Waals surface area contributed by atoms with Crippen LogP contribution in [-0.4, -0.2) is 0 Å². The summed E-state index contributed by atoms with van der Waals surface area (Å²) in [6.07, 6.45) is 0. The van der Waals surface area contributed by atoms with Gasteiger partial charge >= 0.3 is 0 Å². The molecule has 0 saturated carbocycles. The van der Waals surface area contributed by atoms with Gasteiger partial charge in [0.25, 0.3) is 0 Å². The minimum absolute atomic E-state index is 0.643. The normalized spacial score (nSPS) is 9.47. The predicted octanol–water partition coefficient (Wildman–Crippen LogP) is 3.79. The number of nitrogens with zero attached hydrogens (tertiary/aromatic N) is 2. The van der Waals surface area contributed by atoms with Crippen molar-refractivity contribution < 1.29 is 0 Å². The SMILES string of the molecule is Cc1cc(Nc2cccc(C)c2C#N)ccc1C#N. The first-order valence-corrected chi connectivity index (χ1v) is 5.93. The number of nitriles is 2. The third kappa shape index (κ3) is 2.56. The van der Waals surface area contributed by atoms with Gasteiger partial charge in [-0.1, -0.05) is 12.1 Å². The molecule has 0 aliphatic carbocycles. The van der Waals surface area contributed by atoms with Crippen LogP contribution >= 0.6 is 0 Å². The van der Waals surface area contributed by atoms with Crippen molar-refractivity contribution in [3.63, 3.8) is 0 Å². The highest BCUT2D eigenvalue weighted by Crippen LogP contribution is 2.24. The highest BCUT2D eigenvalue weighted by Gasteiger charge is 2.06. The summed E-state index contributed by atoms with van der Waals surface area (Å²) in [5.74, 6) is 0. The number of anilines is 2. The van der Waals surface area contributed by atoms with Gasteiger partial charge in [-0.05, 0) is 49.2 Å². The Balaban J connectivity index is 2.38. The van der Waals surface area contributed by atoms with Crippen LogP contribution in [0.4, 0.5) is 11.4 Å². The van der Waals surface area contributed by atoms with E-state index in [0.29, 0.717) is 11.1 Å². The van der Waals surface area contributed by atoms with Gasteiger partial charge in [-0.15, -0.1) is 0 Å². The molecular formula is C16H13N3. The summed E-state index contributed by atoms with van der Waals surface area (Å²) < 4.78 is 0. The summed E-state index contributed by atoms with van der Waals surface area (Å²) in [7, 11) is 0. The van der Waals surface area contributed by atoms with Crippen LogP contribution in [0, 0.1) is 36.5 Å². The molecule has 0 aliphatic rings. The van der Waals surface area contributed by atoms with Crippen molar-refractivity contribution in [1.29, 1.82) is 10.5 Å². The number of hydrogen-bond donors (Lipinski definition) is 1. The van der Waals surface area contributed by atoms with Gasteiger partial charge in [-0.2, -0.15) is 10.5 Å². The van der Waals surface area contributed by atoms with E-state index in [4.69, 9.17) is 5.26 Å². The molecule has 0 bridgehead atoms. The van der Waals surface area contributed by atoms with Gasteiger partial charge in [0.1, 0.15) is 6.07 Å². The van der Waals surface area contributed by atoms with E-state index >= 15 is 0 Å². The van der Waals surface area contributed by atoms with Crippen molar-refractivity contribution >= 4 is 11.4 Å². The standard InChI is InChI=1S/C16H13N3/c1-11-4-3-5-16(15(11)10-18)19-14-7-6-13(9-17)12(2)8-14/h3-8,19H,1-2H3. The first kappa shape index (κ1) is 12.7. The fourth-order valence-electron chi connectivity index (χ4n) is 1.94. The van der Waals surface area contributed by atoms with Crippen molar-refractivity contribution in [2.75, 3.05) is 5.32 Å². The summed E-state index contributed by atoms with van der Waals surface area (Å²) in [5.41, 5.74) is 4.82. The van der Waals surface area contributed by atoms with Crippen LogP contribution < -0.4 is 5.32 Å². The molecule has 0 saturated heterocycles. The summed E-state index contributed by atoms with van der Waals surface area (Å²) in [4.78, 5) is 0. The fraction of sp³-hybridized carbons (Fsp3) is 0.125. The Morgan fingerprint density at radius 2 is 1.74 bits per heavy atom.